The molecule has 0 aliphatic carbocycles. The van der Waals surface area contributed by atoms with Crippen molar-refractivity contribution in [2.75, 3.05) is 13.1 Å². The number of nitrogens with one attached hydrogen (secondary N) is 1. The summed E-state index contributed by atoms with van der Waals surface area (Å²) < 4.78 is 1.02. The van der Waals surface area contributed by atoms with Crippen LogP contribution in [-0.4, -0.2) is 19.0 Å². The predicted molar refractivity (Wildman–Crippen MR) is 87.2 cm³/mol. The zero-order valence-electron chi connectivity index (χ0n) is 11.4. The first kappa shape index (κ1) is 15.4. The first-order valence-electron chi connectivity index (χ1n) is 6.69. The van der Waals surface area contributed by atoms with Crippen LogP contribution in [0.2, 0.25) is 0 Å². The fourth-order valence-corrected chi connectivity index (χ4v) is 2.39. The lowest BCUT2D eigenvalue weighted by Crippen LogP contribution is -2.24. The van der Waals surface area contributed by atoms with E-state index in [9.17, 15) is 4.79 Å². The van der Waals surface area contributed by atoms with Gasteiger partial charge >= 0.3 is 0 Å². The average Bonchev–Trinajstić information content (AvgIpc) is 2.50. The van der Waals surface area contributed by atoms with Crippen molar-refractivity contribution >= 4 is 32.6 Å². The van der Waals surface area contributed by atoms with Gasteiger partial charge in [0, 0.05) is 28.0 Å². The Labute approximate surface area is 131 Å². The van der Waals surface area contributed by atoms with E-state index < -0.39 is 0 Å². The van der Waals surface area contributed by atoms with Gasteiger partial charge in [-0.15, -0.1) is 0 Å². The largest absolute Gasteiger partial charge is 0.352 e. The minimum absolute atomic E-state index is 0.0800. The molecule has 0 saturated heterocycles. The molecule has 0 spiro atoms. The molecule has 5 nitrogen and oxygen atoms in total. The Bertz CT molecular complexity index is 695. The lowest BCUT2D eigenvalue weighted by Gasteiger charge is -2.06. The van der Waals surface area contributed by atoms with Gasteiger partial charge in [0.25, 0.3) is 5.91 Å². The fourth-order valence-electron chi connectivity index (χ4n) is 2.01. The lowest BCUT2D eigenvalue weighted by atomic mass is 10.1. The molecule has 2 aromatic rings. The molecule has 0 aliphatic rings. The van der Waals surface area contributed by atoms with Gasteiger partial charge in [-0.1, -0.05) is 33.2 Å². The van der Waals surface area contributed by atoms with E-state index in [1.165, 1.54) is 0 Å². The van der Waals surface area contributed by atoms with E-state index in [-0.39, 0.29) is 5.91 Å². The summed E-state index contributed by atoms with van der Waals surface area (Å²) in [5.74, 6) is -0.0800. The number of azide groups is 1. The number of amides is 1. The second kappa shape index (κ2) is 7.67. The van der Waals surface area contributed by atoms with Gasteiger partial charge < -0.3 is 5.32 Å². The number of fused-ring (bicyclic) bond motifs is 1. The highest BCUT2D eigenvalue weighted by molar-refractivity contribution is 9.10. The predicted octanol–water partition coefficient (Wildman–Crippen LogP) is 4.42. The van der Waals surface area contributed by atoms with Gasteiger partial charge in [0.15, 0.2) is 0 Å². The number of carbonyl (C=O) groups excluding carboxylic acids is 1. The molecule has 21 heavy (non-hydrogen) atoms. The Hall–Kier alpha value is -2.04. The SMILES string of the molecule is [N-]=[N+]=NCCCCNC(=O)c1ccc2cc(Br)ccc2c1. The smallest absolute Gasteiger partial charge is 0.251 e. The summed E-state index contributed by atoms with van der Waals surface area (Å²) in [6.45, 7) is 1.05. The van der Waals surface area contributed by atoms with Crippen LogP contribution in [0.25, 0.3) is 21.2 Å². The van der Waals surface area contributed by atoms with Crippen LogP contribution in [-0.2, 0) is 0 Å². The molecule has 2 rings (SSSR count). The quantitative estimate of drug-likeness (QED) is 0.357. The number of hydrogen-bond acceptors (Lipinski definition) is 2. The van der Waals surface area contributed by atoms with Gasteiger partial charge in [0.05, 0.1) is 0 Å². The zero-order valence-corrected chi connectivity index (χ0v) is 13.0. The molecule has 0 bridgehead atoms. The first-order chi connectivity index (χ1) is 10.2. The van der Waals surface area contributed by atoms with Crippen molar-refractivity contribution in [3.63, 3.8) is 0 Å². The highest BCUT2D eigenvalue weighted by Gasteiger charge is 2.05. The number of unbranched alkanes of at least 4 members (excludes halogenated alkanes) is 1. The van der Waals surface area contributed by atoms with Gasteiger partial charge in [-0.25, -0.2) is 0 Å². The summed E-state index contributed by atoms with van der Waals surface area (Å²) in [7, 11) is 0. The van der Waals surface area contributed by atoms with E-state index in [0.717, 1.165) is 28.1 Å². The Kier molecular flexibility index (Phi) is 5.60. The van der Waals surface area contributed by atoms with Gasteiger partial charge in [-0.2, -0.15) is 0 Å². The maximum Gasteiger partial charge on any atom is 0.251 e. The molecule has 6 heteroatoms. The normalized spacial score (nSPS) is 10.1. The minimum atomic E-state index is -0.0800. The number of benzene rings is 2. The third kappa shape index (κ3) is 4.48. The van der Waals surface area contributed by atoms with Crippen LogP contribution in [0.5, 0.6) is 0 Å². The molecule has 0 aliphatic heterocycles. The molecule has 0 fully saturated rings. The summed E-state index contributed by atoms with van der Waals surface area (Å²) in [5, 5.41) is 8.45. The number of rotatable bonds is 6. The highest BCUT2D eigenvalue weighted by Crippen LogP contribution is 2.20. The third-order valence-corrected chi connectivity index (χ3v) is 3.59. The first-order valence-corrected chi connectivity index (χ1v) is 7.48. The summed E-state index contributed by atoms with van der Waals surface area (Å²) in [4.78, 5) is 14.7. The monoisotopic (exact) mass is 346 g/mol. The molecule has 1 N–H and O–H groups in total. The molecule has 0 heterocycles. The maximum atomic E-state index is 12.0. The highest BCUT2D eigenvalue weighted by atomic mass is 79.9. The van der Waals surface area contributed by atoms with E-state index in [4.69, 9.17) is 5.53 Å². The Morgan fingerprint density at radius 3 is 2.76 bits per heavy atom. The second-order valence-electron chi connectivity index (χ2n) is 4.62. The molecule has 0 unspecified atom stereocenters. The van der Waals surface area contributed by atoms with Crippen molar-refractivity contribution in [2.45, 2.75) is 12.8 Å². The molecular weight excluding hydrogens is 332 g/mol. The minimum Gasteiger partial charge on any atom is -0.352 e. The molecule has 0 radical (unpaired) electrons. The molecule has 0 aromatic heterocycles. The van der Waals surface area contributed by atoms with Gasteiger partial charge in [-0.3, -0.25) is 4.79 Å². The van der Waals surface area contributed by atoms with Crippen LogP contribution in [0.1, 0.15) is 23.2 Å². The standard InChI is InChI=1S/C15H15BrN4O/c16-14-6-5-11-9-13(4-3-12(11)10-14)15(21)18-7-1-2-8-19-20-17/h3-6,9-10H,1-2,7-8H2,(H,18,21). The molecule has 2 aromatic carbocycles. The van der Waals surface area contributed by atoms with Crippen LogP contribution < -0.4 is 5.32 Å². The van der Waals surface area contributed by atoms with Crippen LogP contribution in [0.4, 0.5) is 0 Å². The van der Waals surface area contributed by atoms with Gasteiger partial charge in [0.2, 0.25) is 0 Å². The molecule has 0 saturated carbocycles. The Balaban J connectivity index is 1.93. The molecule has 1 amide bonds. The zero-order chi connectivity index (χ0) is 15.1. The average molecular weight is 347 g/mol. The maximum absolute atomic E-state index is 12.0. The third-order valence-electron chi connectivity index (χ3n) is 3.10. The summed E-state index contributed by atoms with van der Waals surface area (Å²) in [5.41, 5.74) is 8.80. The van der Waals surface area contributed by atoms with Crippen LogP contribution in [0.3, 0.4) is 0 Å². The van der Waals surface area contributed by atoms with E-state index in [2.05, 4.69) is 31.3 Å². The summed E-state index contributed by atoms with van der Waals surface area (Å²) in [6, 6.07) is 11.6. The second-order valence-corrected chi connectivity index (χ2v) is 5.54. The van der Waals surface area contributed by atoms with Gasteiger partial charge in [-0.05, 0) is 53.4 Å². The Morgan fingerprint density at radius 1 is 1.19 bits per heavy atom. The molecule has 0 atom stereocenters. The lowest BCUT2D eigenvalue weighted by molar-refractivity contribution is 0.0953. The van der Waals surface area contributed by atoms with E-state index in [0.29, 0.717) is 18.7 Å². The fraction of sp³-hybridized carbons (Fsp3) is 0.267. The summed E-state index contributed by atoms with van der Waals surface area (Å²) >= 11 is 3.43. The van der Waals surface area contributed by atoms with E-state index in [1.54, 1.807) is 0 Å². The topological polar surface area (TPSA) is 77.9 Å². The van der Waals surface area contributed by atoms with Crippen molar-refractivity contribution < 1.29 is 4.79 Å². The number of halogens is 1. The summed E-state index contributed by atoms with van der Waals surface area (Å²) in [6.07, 6.45) is 1.57. The molecular formula is C15H15BrN4O. The molecule has 108 valence electrons. The van der Waals surface area contributed by atoms with Crippen LogP contribution in [0.15, 0.2) is 46.0 Å². The number of carbonyl (C=O) groups is 1. The van der Waals surface area contributed by atoms with Crippen molar-refractivity contribution in [3.05, 3.63) is 56.9 Å². The van der Waals surface area contributed by atoms with Crippen molar-refractivity contribution in [1.82, 2.24) is 5.32 Å². The number of hydrogen-bond donors (Lipinski definition) is 1. The van der Waals surface area contributed by atoms with Crippen molar-refractivity contribution in [1.29, 1.82) is 0 Å². The van der Waals surface area contributed by atoms with E-state index >= 15 is 0 Å². The number of nitrogens with zero attached hydrogens (tertiary/aromatic N) is 3. The van der Waals surface area contributed by atoms with Crippen molar-refractivity contribution in [2.24, 2.45) is 5.11 Å². The van der Waals surface area contributed by atoms with Crippen LogP contribution >= 0.6 is 15.9 Å². The van der Waals surface area contributed by atoms with Gasteiger partial charge in [0.1, 0.15) is 0 Å². The van der Waals surface area contributed by atoms with Crippen LogP contribution in [0, 0.1) is 0 Å². The van der Waals surface area contributed by atoms with Crippen molar-refractivity contribution in [3.8, 4) is 0 Å². The Morgan fingerprint density at radius 2 is 1.95 bits per heavy atom. The van der Waals surface area contributed by atoms with E-state index in [1.807, 2.05) is 36.4 Å².